The van der Waals surface area contributed by atoms with Crippen molar-refractivity contribution in [2.45, 2.75) is 50.6 Å². The molecule has 2 aliphatic rings. The molecule has 1 saturated carbocycles. The van der Waals surface area contributed by atoms with Crippen LogP contribution in [0.3, 0.4) is 0 Å². The Kier molecular flexibility index (Phi) is 4.18. The second-order valence-corrected chi connectivity index (χ2v) is 5.09. The van der Waals surface area contributed by atoms with Crippen LogP contribution in [-0.2, 0) is 4.79 Å². The summed E-state index contributed by atoms with van der Waals surface area (Å²) in [5.41, 5.74) is 5.41. The van der Waals surface area contributed by atoms with E-state index in [-0.39, 0.29) is 11.9 Å². The van der Waals surface area contributed by atoms with Crippen molar-refractivity contribution < 1.29 is 4.79 Å². The van der Waals surface area contributed by atoms with E-state index in [2.05, 4.69) is 10.2 Å². The van der Waals surface area contributed by atoms with Crippen LogP contribution in [0, 0.1) is 0 Å². The Bertz CT molecular complexity index is 234. The van der Waals surface area contributed by atoms with Gasteiger partial charge in [0.1, 0.15) is 0 Å². The summed E-state index contributed by atoms with van der Waals surface area (Å²) < 4.78 is 0. The third kappa shape index (κ3) is 3.76. The van der Waals surface area contributed by atoms with Gasteiger partial charge in [-0.2, -0.15) is 0 Å². The molecule has 4 heteroatoms. The molecule has 0 spiro atoms. The highest BCUT2D eigenvalue weighted by Gasteiger charge is 2.27. The van der Waals surface area contributed by atoms with Crippen LogP contribution in [0.25, 0.3) is 0 Å². The normalized spacial score (nSPS) is 24.2. The van der Waals surface area contributed by atoms with E-state index in [1.54, 1.807) is 0 Å². The molecule has 16 heavy (non-hydrogen) atoms. The number of amides is 1. The van der Waals surface area contributed by atoms with Gasteiger partial charge >= 0.3 is 0 Å². The zero-order valence-electron chi connectivity index (χ0n) is 9.95. The van der Waals surface area contributed by atoms with Crippen LogP contribution in [0.1, 0.15) is 38.5 Å². The molecular formula is C12H23N3O. The highest BCUT2D eigenvalue weighted by Crippen LogP contribution is 2.20. The van der Waals surface area contributed by atoms with E-state index in [0.717, 1.165) is 13.0 Å². The van der Waals surface area contributed by atoms with Crippen LogP contribution in [0.2, 0.25) is 0 Å². The number of rotatable bonds is 6. The number of carbonyl (C=O) groups is 1. The molecule has 1 aliphatic heterocycles. The van der Waals surface area contributed by atoms with Gasteiger partial charge in [0.25, 0.3) is 0 Å². The lowest BCUT2D eigenvalue weighted by molar-refractivity contribution is -0.120. The summed E-state index contributed by atoms with van der Waals surface area (Å²) in [4.78, 5) is 13.7. The predicted octanol–water partition coefficient (Wildman–Crippen LogP) is 0.468. The standard InChI is InChI=1S/C12H23N3O/c13-12(16)11(14-10-4-5-10)6-9-15-7-2-1-3-8-15/h10-11,14H,1-9H2,(H2,13,16). The topological polar surface area (TPSA) is 58.4 Å². The largest absolute Gasteiger partial charge is 0.368 e. The van der Waals surface area contributed by atoms with Gasteiger partial charge in [-0.1, -0.05) is 6.42 Å². The molecule has 0 aromatic carbocycles. The maximum absolute atomic E-state index is 11.3. The van der Waals surface area contributed by atoms with Crippen molar-refractivity contribution >= 4 is 5.91 Å². The number of likely N-dealkylation sites (tertiary alicyclic amines) is 1. The van der Waals surface area contributed by atoms with E-state index in [1.165, 1.54) is 45.2 Å². The number of nitrogens with two attached hydrogens (primary N) is 1. The number of piperidine rings is 1. The molecule has 0 radical (unpaired) electrons. The number of nitrogens with one attached hydrogen (secondary N) is 1. The molecule has 0 bridgehead atoms. The third-order valence-corrected chi connectivity index (χ3v) is 3.54. The second kappa shape index (κ2) is 5.64. The third-order valence-electron chi connectivity index (χ3n) is 3.54. The van der Waals surface area contributed by atoms with Crippen molar-refractivity contribution in [3.8, 4) is 0 Å². The lowest BCUT2D eigenvalue weighted by atomic mass is 10.1. The van der Waals surface area contributed by atoms with E-state index in [0.29, 0.717) is 6.04 Å². The van der Waals surface area contributed by atoms with Crippen LogP contribution < -0.4 is 11.1 Å². The highest BCUT2D eigenvalue weighted by molar-refractivity contribution is 5.79. The Hall–Kier alpha value is -0.610. The van der Waals surface area contributed by atoms with E-state index in [1.807, 2.05) is 0 Å². The van der Waals surface area contributed by atoms with Gasteiger partial charge in [0.2, 0.25) is 5.91 Å². The summed E-state index contributed by atoms with van der Waals surface area (Å²) in [6.07, 6.45) is 7.23. The first kappa shape index (κ1) is 11.9. The van der Waals surface area contributed by atoms with Gasteiger partial charge in [0.15, 0.2) is 0 Å². The summed E-state index contributed by atoms with van der Waals surface area (Å²) in [7, 11) is 0. The zero-order valence-corrected chi connectivity index (χ0v) is 9.95. The molecule has 1 amide bonds. The number of primary amides is 1. The Morgan fingerprint density at radius 2 is 2.00 bits per heavy atom. The molecule has 1 heterocycles. The van der Waals surface area contributed by atoms with E-state index < -0.39 is 0 Å². The van der Waals surface area contributed by atoms with Crippen LogP contribution >= 0.6 is 0 Å². The number of carbonyl (C=O) groups excluding carboxylic acids is 1. The zero-order chi connectivity index (χ0) is 11.4. The molecule has 2 rings (SSSR count). The van der Waals surface area contributed by atoms with Crippen LogP contribution in [0.4, 0.5) is 0 Å². The Morgan fingerprint density at radius 1 is 1.31 bits per heavy atom. The monoisotopic (exact) mass is 225 g/mol. The number of hydrogen-bond donors (Lipinski definition) is 2. The summed E-state index contributed by atoms with van der Waals surface area (Å²) >= 11 is 0. The maximum Gasteiger partial charge on any atom is 0.234 e. The molecule has 1 unspecified atom stereocenters. The molecule has 4 nitrogen and oxygen atoms in total. The molecule has 2 fully saturated rings. The summed E-state index contributed by atoms with van der Waals surface area (Å²) in [5.74, 6) is -0.191. The van der Waals surface area contributed by atoms with Crippen molar-refractivity contribution in [1.29, 1.82) is 0 Å². The maximum atomic E-state index is 11.3. The Balaban J connectivity index is 1.69. The lowest BCUT2D eigenvalue weighted by Gasteiger charge is -2.27. The summed E-state index contributed by atoms with van der Waals surface area (Å²) in [5, 5.41) is 3.33. The van der Waals surface area contributed by atoms with E-state index in [4.69, 9.17) is 5.73 Å². The molecular weight excluding hydrogens is 202 g/mol. The first-order valence-electron chi connectivity index (χ1n) is 6.53. The van der Waals surface area contributed by atoms with Gasteiger partial charge in [-0.15, -0.1) is 0 Å². The molecule has 1 aliphatic carbocycles. The van der Waals surface area contributed by atoms with E-state index in [9.17, 15) is 4.79 Å². The van der Waals surface area contributed by atoms with Crippen molar-refractivity contribution in [3.05, 3.63) is 0 Å². The fourth-order valence-electron chi connectivity index (χ4n) is 2.34. The Labute approximate surface area is 97.6 Å². The van der Waals surface area contributed by atoms with Crippen molar-refractivity contribution in [2.75, 3.05) is 19.6 Å². The fourth-order valence-corrected chi connectivity index (χ4v) is 2.34. The van der Waals surface area contributed by atoms with Gasteiger partial charge in [-0.05, 0) is 45.2 Å². The summed E-state index contributed by atoms with van der Waals surface area (Å²) in [6.45, 7) is 3.39. The predicted molar refractivity (Wildman–Crippen MR) is 64.0 cm³/mol. The number of nitrogens with zero attached hydrogens (tertiary/aromatic N) is 1. The van der Waals surface area contributed by atoms with Gasteiger partial charge < -0.3 is 16.0 Å². The average Bonchev–Trinajstić information content (AvgIpc) is 3.09. The first-order valence-corrected chi connectivity index (χ1v) is 6.53. The highest BCUT2D eigenvalue weighted by atomic mass is 16.1. The van der Waals surface area contributed by atoms with Crippen molar-refractivity contribution in [2.24, 2.45) is 5.73 Å². The molecule has 0 aromatic rings. The van der Waals surface area contributed by atoms with Gasteiger partial charge in [0, 0.05) is 12.6 Å². The molecule has 1 atom stereocenters. The van der Waals surface area contributed by atoms with Gasteiger partial charge in [0.05, 0.1) is 6.04 Å². The van der Waals surface area contributed by atoms with Gasteiger partial charge in [-0.25, -0.2) is 0 Å². The number of hydrogen-bond acceptors (Lipinski definition) is 3. The van der Waals surface area contributed by atoms with Crippen molar-refractivity contribution in [3.63, 3.8) is 0 Å². The minimum Gasteiger partial charge on any atom is -0.368 e. The minimum absolute atomic E-state index is 0.116. The molecule has 3 N–H and O–H groups in total. The van der Waals surface area contributed by atoms with Crippen molar-refractivity contribution in [1.82, 2.24) is 10.2 Å². The van der Waals surface area contributed by atoms with Gasteiger partial charge in [-0.3, -0.25) is 4.79 Å². The Morgan fingerprint density at radius 3 is 2.56 bits per heavy atom. The van der Waals surface area contributed by atoms with E-state index >= 15 is 0 Å². The van der Waals surface area contributed by atoms with Crippen LogP contribution in [-0.4, -0.2) is 42.5 Å². The smallest absolute Gasteiger partial charge is 0.234 e. The SMILES string of the molecule is NC(=O)C(CCN1CCCCC1)NC1CC1. The molecule has 92 valence electrons. The van der Waals surface area contributed by atoms with Crippen LogP contribution in [0.5, 0.6) is 0 Å². The summed E-state index contributed by atoms with van der Waals surface area (Å²) in [6, 6.07) is 0.438. The minimum atomic E-state index is -0.191. The lowest BCUT2D eigenvalue weighted by Crippen LogP contribution is -2.45. The van der Waals surface area contributed by atoms with Crippen LogP contribution in [0.15, 0.2) is 0 Å². The fraction of sp³-hybridized carbons (Fsp3) is 0.917. The first-order chi connectivity index (χ1) is 7.75. The average molecular weight is 225 g/mol. The molecule has 0 aromatic heterocycles. The molecule has 1 saturated heterocycles. The second-order valence-electron chi connectivity index (χ2n) is 5.09. The quantitative estimate of drug-likeness (QED) is 0.691.